The average Bonchev–Trinajstić information content (AvgIpc) is 3.27. The van der Waals surface area contributed by atoms with Gasteiger partial charge in [0, 0.05) is 23.9 Å². The SMILES string of the molecule is COc1cc2c(cc1OC)CN(C(=O)COC(=O)COc1ccc3oc4ccccc4c3c1)CC2. The van der Waals surface area contributed by atoms with E-state index in [1.54, 1.807) is 31.3 Å². The molecule has 0 unspecified atom stereocenters. The Kier molecular flexibility index (Phi) is 6.18. The zero-order valence-corrected chi connectivity index (χ0v) is 19.5. The number of nitrogens with zero attached hydrogens (tertiary/aromatic N) is 1. The molecule has 0 saturated carbocycles. The van der Waals surface area contributed by atoms with E-state index in [-0.39, 0.29) is 19.1 Å². The fourth-order valence-electron chi connectivity index (χ4n) is 4.31. The largest absolute Gasteiger partial charge is 0.493 e. The number of fused-ring (bicyclic) bond motifs is 4. The van der Waals surface area contributed by atoms with Crippen LogP contribution in [0.1, 0.15) is 11.1 Å². The van der Waals surface area contributed by atoms with E-state index in [0.29, 0.717) is 36.8 Å². The third-order valence-electron chi connectivity index (χ3n) is 6.13. The summed E-state index contributed by atoms with van der Waals surface area (Å²) in [5, 5.41) is 1.88. The van der Waals surface area contributed by atoms with Crippen molar-refractivity contribution in [2.24, 2.45) is 0 Å². The molecule has 8 nitrogen and oxygen atoms in total. The van der Waals surface area contributed by atoms with Crippen molar-refractivity contribution in [2.75, 3.05) is 34.0 Å². The molecule has 5 rings (SSSR count). The molecular weight excluding hydrogens is 450 g/mol. The Morgan fingerprint density at radius 1 is 0.886 bits per heavy atom. The highest BCUT2D eigenvalue weighted by atomic mass is 16.6. The predicted octanol–water partition coefficient (Wildman–Crippen LogP) is 4.11. The first-order valence-electron chi connectivity index (χ1n) is 11.3. The highest BCUT2D eigenvalue weighted by Gasteiger charge is 2.23. The third kappa shape index (κ3) is 4.59. The molecule has 0 bridgehead atoms. The highest BCUT2D eigenvalue weighted by molar-refractivity contribution is 6.05. The number of carbonyl (C=O) groups excluding carboxylic acids is 2. The Balaban J connectivity index is 1.15. The molecule has 1 aliphatic rings. The van der Waals surface area contributed by atoms with E-state index in [1.807, 2.05) is 42.5 Å². The van der Waals surface area contributed by atoms with Crippen molar-refractivity contribution in [1.82, 2.24) is 4.90 Å². The Hall–Kier alpha value is -4.20. The van der Waals surface area contributed by atoms with Gasteiger partial charge in [0.2, 0.25) is 0 Å². The molecule has 0 radical (unpaired) electrons. The van der Waals surface area contributed by atoms with E-state index in [0.717, 1.165) is 33.1 Å². The Morgan fingerprint density at radius 3 is 2.43 bits per heavy atom. The van der Waals surface area contributed by atoms with Crippen LogP contribution in [0.25, 0.3) is 21.9 Å². The van der Waals surface area contributed by atoms with Gasteiger partial charge in [-0.05, 0) is 53.9 Å². The van der Waals surface area contributed by atoms with Crippen molar-refractivity contribution in [3.8, 4) is 17.2 Å². The molecular formula is C27H25NO7. The fourth-order valence-corrected chi connectivity index (χ4v) is 4.31. The van der Waals surface area contributed by atoms with Crippen LogP contribution in [0.2, 0.25) is 0 Å². The lowest BCUT2D eigenvalue weighted by atomic mass is 9.99. The first-order chi connectivity index (χ1) is 17.1. The van der Waals surface area contributed by atoms with Crippen LogP contribution >= 0.6 is 0 Å². The van der Waals surface area contributed by atoms with E-state index in [4.69, 9.17) is 23.4 Å². The van der Waals surface area contributed by atoms with Crippen LogP contribution in [0.15, 0.2) is 59.0 Å². The van der Waals surface area contributed by atoms with Crippen LogP contribution in [0.3, 0.4) is 0 Å². The molecule has 8 heteroatoms. The molecule has 1 amide bonds. The van der Waals surface area contributed by atoms with E-state index in [9.17, 15) is 9.59 Å². The number of para-hydroxylation sites is 1. The molecule has 0 aliphatic carbocycles. The zero-order chi connectivity index (χ0) is 24.4. The summed E-state index contributed by atoms with van der Waals surface area (Å²) in [5.41, 5.74) is 3.62. The minimum absolute atomic E-state index is 0.259. The maximum atomic E-state index is 12.6. The number of hydrogen-bond donors (Lipinski definition) is 0. The summed E-state index contributed by atoms with van der Waals surface area (Å²) in [7, 11) is 3.17. The van der Waals surface area contributed by atoms with Gasteiger partial charge in [0.15, 0.2) is 24.7 Å². The second kappa shape index (κ2) is 9.58. The van der Waals surface area contributed by atoms with Gasteiger partial charge >= 0.3 is 5.97 Å². The lowest BCUT2D eigenvalue weighted by molar-refractivity contribution is -0.154. The number of methoxy groups -OCH3 is 2. The van der Waals surface area contributed by atoms with Crippen LogP contribution < -0.4 is 14.2 Å². The fraction of sp³-hybridized carbons (Fsp3) is 0.259. The van der Waals surface area contributed by atoms with Gasteiger partial charge in [0.05, 0.1) is 14.2 Å². The standard InChI is InChI=1S/C27H25NO7/c1-31-24-11-17-9-10-28(14-18(17)12-25(24)32-2)26(29)15-34-27(30)16-33-19-7-8-23-21(13-19)20-5-3-4-6-22(20)35-23/h3-8,11-13H,9-10,14-16H2,1-2H3. The number of esters is 1. The summed E-state index contributed by atoms with van der Waals surface area (Å²) < 4.78 is 27.3. The summed E-state index contributed by atoms with van der Waals surface area (Å²) >= 11 is 0. The van der Waals surface area contributed by atoms with Gasteiger partial charge in [-0.3, -0.25) is 4.79 Å². The summed E-state index contributed by atoms with van der Waals surface area (Å²) in [5.74, 6) is 0.930. The van der Waals surface area contributed by atoms with Gasteiger partial charge in [-0.15, -0.1) is 0 Å². The number of carbonyl (C=O) groups is 2. The van der Waals surface area contributed by atoms with E-state index < -0.39 is 5.97 Å². The molecule has 180 valence electrons. The quantitative estimate of drug-likeness (QED) is 0.372. The molecule has 0 fully saturated rings. The lowest BCUT2D eigenvalue weighted by Gasteiger charge is -2.29. The molecule has 0 spiro atoms. The molecule has 0 N–H and O–H groups in total. The second-order valence-electron chi connectivity index (χ2n) is 8.25. The molecule has 35 heavy (non-hydrogen) atoms. The number of amides is 1. The summed E-state index contributed by atoms with van der Waals surface area (Å²) in [6, 6.07) is 16.9. The molecule has 2 heterocycles. The van der Waals surface area contributed by atoms with Crippen LogP contribution in [-0.2, 0) is 27.3 Å². The van der Waals surface area contributed by atoms with Gasteiger partial charge in [-0.25, -0.2) is 4.79 Å². The Bertz CT molecular complexity index is 1410. The van der Waals surface area contributed by atoms with Gasteiger partial charge in [0.25, 0.3) is 5.91 Å². The van der Waals surface area contributed by atoms with Crippen molar-refractivity contribution in [3.05, 3.63) is 65.7 Å². The van der Waals surface area contributed by atoms with Crippen molar-refractivity contribution >= 4 is 33.8 Å². The average molecular weight is 475 g/mol. The highest BCUT2D eigenvalue weighted by Crippen LogP contribution is 2.33. The lowest BCUT2D eigenvalue weighted by Crippen LogP contribution is -2.39. The van der Waals surface area contributed by atoms with Crippen LogP contribution in [0.4, 0.5) is 0 Å². The van der Waals surface area contributed by atoms with Crippen molar-refractivity contribution in [3.63, 3.8) is 0 Å². The molecule has 1 aromatic heterocycles. The number of benzene rings is 3. The van der Waals surface area contributed by atoms with Gasteiger partial charge in [-0.1, -0.05) is 18.2 Å². The third-order valence-corrected chi connectivity index (χ3v) is 6.13. The van der Waals surface area contributed by atoms with Crippen molar-refractivity contribution in [1.29, 1.82) is 0 Å². The first-order valence-corrected chi connectivity index (χ1v) is 11.3. The minimum atomic E-state index is -0.612. The molecule has 0 atom stereocenters. The predicted molar refractivity (Wildman–Crippen MR) is 129 cm³/mol. The Morgan fingerprint density at radius 2 is 1.63 bits per heavy atom. The number of hydrogen-bond acceptors (Lipinski definition) is 7. The second-order valence-corrected chi connectivity index (χ2v) is 8.25. The normalized spacial score (nSPS) is 12.9. The van der Waals surface area contributed by atoms with Gasteiger partial charge < -0.3 is 28.3 Å². The van der Waals surface area contributed by atoms with Crippen LogP contribution in [0, 0.1) is 0 Å². The maximum Gasteiger partial charge on any atom is 0.344 e. The molecule has 4 aromatic rings. The number of furan rings is 1. The summed E-state index contributed by atoms with van der Waals surface area (Å²) in [6.07, 6.45) is 0.684. The van der Waals surface area contributed by atoms with Gasteiger partial charge in [-0.2, -0.15) is 0 Å². The maximum absolute atomic E-state index is 12.6. The van der Waals surface area contributed by atoms with E-state index in [2.05, 4.69) is 0 Å². The monoisotopic (exact) mass is 475 g/mol. The topological polar surface area (TPSA) is 87.4 Å². The molecule has 3 aromatic carbocycles. The smallest absolute Gasteiger partial charge is 0.344 e. The van der Waals surface area contributed by atoms with Crippen LogP contribution in [-0.4, -0.2) is 50.8 Å². The zero-order valence-electron chi connectivity index (χ0n) is 19.5. The minimum Gasteiger partial charge on any atom is -0.493 e. The van der Waals surface area contributed by atoms with Crippen LogP contribution in [0.5, 0.6) is 17.2 Å². The summed E-state index contributed by atoms with van der Waals surface area (Å²) in [6.45, 7) is 0.319. The first kappa shape index (κ1) is 22.6. The van der Waals surface area contributed by atoms with Crippen molar-refractivity contribution < 1.29 is 33.0 Å². The Labute approximate surface area is 201 Å². The summed E-state index contributed by atoms with van der Waals surface area (Å²) in [4.78, 5) is 26.5. The van der Waals surface area contributed by atoms with E-state index in [1.165, 1.54) is 0 Å². The van der Waals surface area contributed by atoms with Gasteiger partial charge in [0.1, 0.15) is 16.9 Å². The molecule has 1 aliphatic heterocycles. The van der Waals surface area contributed by atoms with Crippen molar-refractivity contribution in [2.45, 2.75) is 13.0 Å². The number of rotatable bonds is 7. The van der Waals surface area contributed by atoms with E-state index >= 15 is 0 Å². The number of ether oxygens (including phenoxy) is 4. The molecule has 0 saturated heterocycles.